The first-order valence-corrected chi connectivity index (χ1v) is 6.17. The van der Waals surface area contributed by atoms with Crippen LogP contribution in [-0.4, -0.2) is 11.0 Å². The molecule has 0 aliphatic heterocycles. The third kappa shape index (κ3) is 2.92. The zero-order chi connectivity index (χ0) is 13.1. The van der Waals surface area contributed by atoms with Crippen LogP contribution in [0, 0.1) is 6.92 Å². The van der Waals surface area contributed by atoms with Gasteiger partial charge in [-0.15, -0.1) is 0 Å². The zero-order valence-corrected chi connectivity index (χ0v) is 11.3. The maximum absolute atomic E-state index is 11.8. The van der Waals surface area contributed by atoms with Crippen molar-refractivity contribution in [2.24, 2.45) is 0 Å². The Bertz CT molecular complexity index is 577. The van der Waals surface area contributed by atoms with Gasteiger partial charge in [0.2, 0.25) is 0 Å². The molecule has 0 fully saturated rings. The number of hydrogen-bond acceptors (Lipinski definition) is 3. The summed E-state index contributed by atoms with van der Waals surface area (Å²) in [7, 11) is 0. The van der Waals surface area contributed by atoms with Crippen molar-refractivity contribution in [3.63, 3.8) is 0 Å². The van der Waals surface area contributed by atoms with Gasteiger partial charge in [0, 0.05) is 5.56 Å². The van der Waals surface area contributed by atoms with Gasteiger partial charge < -0.3 is 14.8 Å². The minimum absolute atomic E-state index is 0.0384. The summed E-state index contributed by atoms with van der Waals surface area (Å²) in [5, 5.41) is 12.2. The van der Waals surface area contributed by atoms with Gasteiger partial charge in [0.1, 0.15) is 17.3 Å². The lowest BCUT2D eigenvalue weighted by molar-refractivity contribution is 0.0947. The van der Waals surface area contributed by atoms with Crippen molar-refractivity contribution in [1.29, 1.82) is 0 Å². The van der Waals surface area contributed by atoms with Crippen LogP contribution in [0.25, 0.3) is 0 Å². The van der Waals surface area contributed by atoms with E-state index in [0.717, 1.165) is 5.76 Å². The summed E-state index contributed by atoms with van der Waals surface area (Å²) in [6, 6.07) is 8.32. The first-order chi connectivity index (χ1) is 8.56. The fourth-order valence-electron chi connectivity index (χ4n) is 1.50. The van der Waals surface area contributed by atoms with Gasteiger partial charge in [0.15, 0.2) is 0 Å². The number of aromatic hydroxyl groups is 1. The molecule has 0 unspecified atom stereocenters. The Balaban J connectivity index is 2.01. The van der Waals surface area contributed by atoms with E-state index in [4.69, 9.17) is 4.42 Å². The van der Waals surface area contributed by atoms with Crippen molar-refractivity contribution in [2.75, 3.05) is 0 Å². The molecule has 94 valence electrons. The third-order valence-electron chi connectivity index (χ3n) is 2.43. The number of rotatable bonds is 3. The Morgan fingerprint density at radius 1 is 1.39 bits per heavy atom. The van der Waals surface area contributed by atoms with E-state index in [1.807, 2.05) is 19.1 Å². The van der Waals surface area contributed by atoms with E-state index in [2.05, 4.69) is 21.2 Å². The highest BCUT2D eigenvalue weighted by Gasteiger charge is 2.08. The zero-order valence-electron chi connectivity index (χ0n) is 9.74. The molecule has 1 heterocycles. The minimum atomic E-state index is -0.258. The number of carbonyl (C=O) groups is 1. The molecule has 1 aromatic heterocycles. The van der Waals surface area contributed by atoms with Crippen LogP contribution in [0.5, 0.6) is 5.75 Å². The molecule has 0 radical (unpaired) electrons. The second-order valence-electron chi connectivity index (χ2n) is 3.86. The summed E-state index contributed by atoms with van der Waals surface area (Å²) < 4.78 is 5.90. The molecule has 1 amide bonds. The molecule has 2 N–H and O–H groups in total. The van der Waals surface area contributed by atoms with Crippen molar-refractivity contribution >= 4 is 21.8 Å². The first-order valence-electron chi connectivity index (χ1n) is 5.38. The normalized spacial score (nSPS) is 10.3. The number of aryl methyl sites for hydroxylation is 1. The van der Waals surface area contributed by atoms with Crippen LogP contribution in [0.3, 0.4) is 0 Å². The van der Waals surface area contributed by atoms with E-state index in [9.17, 15) is 9.90 Å². The lowest BCUT2D eigenvalue weighted by Gasteiger charge is -2.04. The van der Waals surface area contributed by atoms with E-state index >= 15 is 0 Å². The lowest BCUT2D eigenvalue weighted by atomic mass is 10.2. The highest BCUT2D eigenvalue weighted by molar-refractivity contribution is 9.10. The molecule has 0 saturated heterocycles. The smallest absolute Gasteiger partial charge is 0.251 e. The van der Waals surface area contributed by atoms with Crippen LogP contribution in [0.1, 0.15) is 21.9 Å². The van der Waals surface area contributed by atoms with Crippen molar-refractivity contribution in [3.05, 3.63) is 51.9 Å². The van der Waals surface area contributed by atoms with Gasteiger partial charge in [-0.3, -0.25) is 4.79 Å². The molecule has 2 rings (SSSR count). The van der Waals surface area contributed by atoms with Crippen molar-refractivity contribution in [2.45, 2.75) is 13.5 Å². The molecule has 18 heavy (non-hydrogen) atoms. The second-order valence-corrected chi connectivity index (χ2v) is 4.72. The SMILES string of the molecule is Cc1ccc(CNC(=O)c2ccc(Br)c(O)c2)o1. The number of phenols is 1. The number of phenolic OH excluding ortho intramolecular Hbond substituents is 1. The number of furan rings is 1. The van der Waals surface area contributed by atoms with Crippen LogP contribution in [0.2, 0.25) is 0 Å². The van der Waals surface area contributed by atoms with Gasteiger partial charge in [-0.1, -0.05) is 0 Å². The molecular weight excluding hydrogens is 298 g/mol. The van der Waals surface area contributed by atoms with Gasteiger partial charge in [-0.25, -0.2) is 0 Å². The Morgan fingerprint density at radius 2 is 2.17 bits per heavy atom. The maximum Gasteiger partial charge on any atom is 0.251 e. The number of benzene rings is 1. The first kappa shape index (κ1) is 12.7. The Labute approximate surface area is 113 Å². The summed E-state index contributed by atoms with van der Waals surface area (Å²) in [6.45, 7) is 2.17. The average molecular weight is 310 g/mol. The number of hydrogen-bond donors (Lipinski definition) is 2. The van der Waals surface area contributed by atoms with Gasteiger partial charge in [0.25, 0.3) is 5.91 Å². The molecule has 4 nitrogen and oxygen atoms in total. The molecule has 0 saturated carbocycles. The molecule has 0 aliphatic carbocycles. The van der Waals surface area contributed by atoms with Crippen molar-refractivity contribution < 1.29 is 14.3 Å². The molecular formula is C13H12BrNO3. The molecule has 0 atom stereocenters. The summed E-state index contributed by atoms with van der Waals surface area (Å²) in [6.07, 6.45) is 0. The fraction of sp³-hybridized carbons (Fsp3) is 0.154. The summed E-state index contributed by atoms with van der Waals surface area (Å²) in [5.74, 6) is 1.28. The highest BCUT2D eigenvalue weighted by Crippen LogP contribution is 2.24. The predicted octanol–water partition coefficient (Wildman–Crippen LogP) is 2.99. The van der Waals surface area contributed by atoms with Crippen LogP contribution in [-0.2, 0) is 6.54 Å². The fourth-order valence-corrected chi connectivity index (χ4v) is 1.75. The highest BCUT2D eigenvalue weighted by atomic mass is 79.9. The third-order valence-corrected chi connectivity index (χ3v) is 3.10. The van der Waals surface area contributed by atoms with E-state index in [-0.39, 0.29) is 11.7 Å². The van der Waals surface area contributed by atoms with Gasteiger partial charge >= 0.3 is 0 Å². The summed E-state index contributed by atoms with van der Waals surface area (Å²) in [4.78, 5) is 11.8. The van der Waals surface area contributed by atoms with E-state index < -0.39 is 0 Å². The van der Waals surface area contributed by atoms with Gasteiger partial charge in [-0.2, -0.15) is 0 Å². The van der Waals surface area contributed by atoms with Gasteiger partial charge in [0.05, 0.1) is 11.0 Å². The number of nitrogens with one attached hydrogen (secondary N) is 1. The number of amides is 1. The molecule has 2 aromatic rings. The van der Waals surface area contributed by atoms with Crippen LogP contribution in [0.4, 0.5) is 0 Å². The van der Waals surface area contributed by atoms with Crippen LogP contribution >= 0.6 is 15.9 Å². The summed E-state index contributed by atoms with van der Waals surface area (Å²) in [5.41, 5.74) is 0.402. The number of carbonyl (C=O) groups excluding carboxylic acids is 1. The number of halogens is 1. The molecule has 0 bridgehead atoms. The van der Waals surface area contributed by atoms with E-state index in [0.29, 0.717) is 22.3 Å². The molecule has 0 spiro atoms. The van der Waals surface area contributed by atoms with E-state index in [1.54, 1.807) is 12.1 Å². The van der Waals surface area contributed by atoms with E-state index in [1.165, 1.54) is 6.07 Å². The Hall–Kier alpha value is -1.75. The van der Waals surface area contributed by atoms with Crippen molar-refractivity contribution in [3.8, 4) is 5.75 Å². The molecule has 5 heteroatoms. The van der Waals surface area contributed by atoms with Crippen LogP contribution in [0.15, 0.2) is 39.2 Å². The standard InChI is InChI=1S/C13H12BrNO3/c1-8-2-4-10(18-8)7-15-13(17)9-3-5-11(14)12(16)6-9/h2-6,16H,7H2,1H3,(H,15,17). The topological polar surface area (TPSA) is 62.5 Å². The summed E-state index contributed by atoms with van der Waals surface area (Å²) >= 11 is 3.16. The maximum atomic E-state index is 11.8. The molecule has 0 aliphatic rings. The average Bonchev–Trinajstić information content (AvgIpc) is 2.75. The quantitative estimate of drug-likeness (QED) is 0.916. The lowest BCUT2D eigenvalue weighted by Crippen LogP contribution is -2.22. The van der Waals surface area contributed by atoms with Crippen molar-refractivity contribution in [1.82, 2.24) is 5.32 Å². The minimum Gasteiger partial charge on any atom is -0.507 e. The molecule has 1 aromatic carbocycles. The predicted molar refractivity (Wildman–Crippen MR) is 70.4 cm³/mol. The largest absolute Gasteiger partial charge is 0.507 e. The Kier molecular flexibility index (Phi) is 3.72. The monoisotopic (exact) mass is 309 g/mol. The second kappa shape index (κ2) is 5.27. The van der Waals surface area contributed by atoms with Gasteiger partial charge in [-0.05, 0) is 53.2 Å². The van der Waals surface area contributed by atoms with Crippen LogP contribution < -0.4 is 5.32 Å². The Morgan fingerprint density at radius 3 is 2.78 bits per heavy atom.